The van der Waals surface area contributed by atoms with Crippen LogP contribution >= 0.6 is 11.3 Å². The van der Waals surface area contributed by atoms with E-state index < -0.39 is 0 Å². The molecule has 1 aliphatic rings. The Morgan fingerprint density at radius 1 is 1.06 bits per heavy atom. The second-order valence-corrected chi connectivity index (χ2v) is 8.76. The molecule has 0 aliphatic carbocycles. The lowest BCUT2D eigenvalue weighted by Crippen LogP contribution is -2.44. The van der Waals surface area contributed by atoms with Crippen molar-refractivity contribution in [3.05, 3.63) is 65.5 Å². The van der Waals surface area contributed by atoms with E-state index in [9.17, 15) is 0 Å². The highest BCUT2D eigenvalue weighted by Crippen LogP contribution is 2.35. The van der Waals surface area contributed by atoms with E-state index in [4.69, 9.17) is 14.7 Å². The van der Waals surface area contributed by atoms with E-state index >= 15 is 0 Å². The van der Waals surface area contributed by atoms with E-state index in [0.29, 0.717) is 13.2 Å². The molecule has 5 nitrogen and oxygen atoms in total. The fourth-order valence-electron chi connectivity index (χ4n) is 4.38. The number of H-pyrrole nitrogens is 1. The number of morpholine rings is 1. The molecular weight excluding hydrogens is 404 g/mol. The van der Waals surface area contributed by atoms with Gasteiger partial charge in [0, 0.05) is 34.6 Å². The predicted molar refractivity (Wildman–Crippen MR) is 128 cm³/mol. The third kappa shape index (κ3) is 3.19. The summed E-state index contributed by atoms with van der Waals surface area (Å²) in [7, 11) is 0. The van der Waals surface area contributed by atoms with Crippen LogP contribution in [0.15, 0.2) is 65.5 Å². The van der Waals surface area contributed by atoms with Crippen LogP contribution in [0.5, 0.6) is 0 Å². The van der Waals surface area contributed by atoms with Crippen molar-refractivity contribution in [1.29, 1.82) is 0 Å². The molecule has 0 spiro atoms. The van der Waals surface area contributed by atoms with Crippen molar-refractivity contribution in [3.63, 3.8) is 0 Å². The molecule has 2 aromatic carbocycles. The van der Waals surface area contributed by atoms with Gasteiger partial charge in [0.2, 0.25) is 0 Å². The molecule has 31 heavy (non-hydrogen) atoms. The lowest BCUT2D eigenvalue weighted by Gasteiger charge is -2.35. The van der Waals surface area contributed by atoms with E-state index in [0.717, 1.165) is 45.6 Å². The van der Waals surface area contributed by atoms with Crippen molar-refractivity contribution in [2.75, 3.05) is 24.7 Å². The normalized spacial score (nSPS) is 16.9. The first-order valence-electron chi connectivity index (χ1n) is 10.5. The molecule has 1 N–H and O–H groups in total. The maximum Gasteiger partial charge on any atom is 0.162 e. The maximum atomic E-state index is 5.70. The molecule has 1 fully saturated rings. The second kappa shape index (κ2) is 7.48. The smallest absolute Gasteiger partial charge is 0.162 e. The highest BCUT2D eigenvalue weighted by Gasteiger charge is 2.24. The minimum atomic E-state index is 0.257. The number of nitrogens with one attached hydrogen (secondary N) is 1. The van der Waals surface area contributed by atoms with Crippen LogP contribution in [0.4, 0.5) is 5.82 Å². The van der Waals surface area contributed by atoms with Crippen LogP contribution in [-0.4, -0.2) is 40.8 Å². The number of aromatic amines is 1. The lowest BCUT2D eigenvalue weighted by molar-refractivity contribution is 0.0987. The van der Waals surface area contributed by atoms with E-state index in [1.165, 1.54) is 11.1 Å². The van der Waals surface area contributed by atoms with Crippen molar-refractivity contribution < 1.29 is 4.74 Å². The summed E-state index contributed by atoms with van der Waals surface area (Å²) in [6.45, 7) is 4.44. The number of hydrogen-bond donors (Lipinski definition) is 1. The number of fused-ring (bicyclic) bond motifs is 2. The number of nitrogens with zero attached hydrogens (tertiary/aromatic N) is 3. The molecule has 0 saturated carbocycles. The molecule has 0 amide bonds. The average Bonchev–Trinajstić information content (AvgIpc) is 3.50. The molecule has 4 heterocycles. The number of rotatable bonds is 3. The Morgan fingerprint density at radius 2 is 2.03 bits per heavy atom. The Labute approximate surface area is 184 Å². The summed E-state index contributed by atoms with van der Waals surface area (Å²) >= 11 is 1.71. The van der Waals surface area contributed by atoms with Gasteiger partial charge < -0.3 is 14.6 Å². The minimum absolute atomic E-state index is 0.257. The van der Waals surface area contributed by atoms with Gasteiger partial charge >= 0.3 is 0 Å². The lowest BCUT2D eigenvalue weighted by atomic mass is 10.0. The van der Waals surface area contributed by atoms with Gasteiger partial charge in [-0.05, 0) is 59.1 Å². The number of hydrogen-bond acceptors (Lipinski definition) is 5. The highest BCUT2D eigenvalue weighted by molar-refractivity contribution is 7.08. The van der Waals surface area contributed by atoms with E-state index in [2.05, 4.69) is 76.1 Å². The van der Waals surface area contributed by atoms with Gasteiger partial charge in [-0.25, -0.2) is 9.97 Å². The van der Waals surface area contributed by atoms with Crippen molar-refractivity contribution in [1.82, 2.24) is 15.0 Å². The average molecular weight is 427 g/mol. The van der Waals surface area contributed by atoms with Gasteiger partial charge in [0.1, 0.15) is 5.82 Å². The van der Waals surface area contributed by atoms with Gasteiger partial charge in [0.15, 0.2) is 5.82 Å². The summed E-state index contributed by atoms with van der Waals surface area (Å²) in [5.41, 5.74) is 5.53. The summed E-state index contributed by atoms with van der Waals surface area (Å²) in [4.78, 5) is 15.8. The van der Waals surface area contributed by atoms with E-state index in [1.54, 1.807) is 11.3 Å². The zero-order chi connectivity index (χ0) is 20.8. The highest BCUT2D eigenvalue weighted by atomic mass is 32.1. The SMILES string of the molecule is C[C@@H]1COCCN1c1nc(-c2cccc3[nH]ccc23)nc2ccc(-c3ccsc3)cc12. The quantitative estimate of drug-likeness (QED) is 0.400. The molecular formula is C25H22N4OS. The summed E-state index contributed by atoms with van der Waals surface area (Å²) < 4.78 is 5.70. The van der Waals surface area contributed by atoms with Gasteiger partial charge in [-0.3, -0.25) is 0 Å². The van der Waals surface area contributed by atoms with Gasteiger partial charge in [-0.15, -0.1) is 0 Å². The molecule has 1 aliphatic heterocycles. The first-order chi connectivity index (χ1) is 15.3. The number of aromatic nitrogens is 3. The molecule has 154 valence electrons. The molecule has 6 rings (SSSR count). The zero-order valence-electron chi connectivity index (χ0n) is 17.2. The molecule has 6 heteroatoms. The van der Waals surface area contributed by atoms with Gasteiger partial charge in [0.25, 0.3) is 0 Å². The summed E-state index contributed by atoms with van der Waals surface area (Å²) in [5, 5.41) is 6.52. The van der Waals surface area contributed by atoms with Crippen molar-refractivity contribution in [2.45, 2.75) is 13.0 Å². The Bertz CT molecular complexity index is 1380. The second-order valence-electron chi connectivity index (χ2n) is 7.98. The third-order valence-electron chi connectivity index (χ3n) is 6.01. The van der Waals surface area contributed by atoms with Crippen LogP contribution in [0.2, 0.25) is 0 Å². The van der Waals surface area contributed by atoms with Crippen molar-refractivity contribution in [3.8, 4) is 22.5 Å². The van der Waals surface area contributed by atoms with Crippen molar-refractivity contribution >= 4 is 39.0 Å². The van der Waals surface area contributed by atoms with Gasteiger partial charge in [-0.2, -0.15) is 11.3 Å². The Balaban J connectivity index is 1.60. The minimum Gasteiger partial charge on any atom is -0.377 e. The predicted octanol–water partition coefficient (Wildman–Crippen LogP) is 5.73. The number of thiophene rings is 1. The van der Waals surface area contributed by atoms with Crippen LogP contribution in [0.25, 0.3) is 44.3 Å². The van der Waals surface area contributed by atoms with Crippen LogP contribution in [0, 0.1) is 0 Å². The van der Waals surface area contributed by atoms with Gasteiger partial charge in [-0.1, -0.05) is 18.2 Å². The molecule has 5 aromatic rings. The van der Waals surface area contributed by atoms with E-state index in [1.807, 2.05) is 6.20 Å². The maximum absolute atomic E-state index is 5.70. The largest absolute Gasteiger partial charge is 0.377 e. The first kappa shape index (κ1) is 18.5. The Kier molecular flexibility index (Phi) is 4.47. The van der Waals surface area contributed by atoms with Crippen LogP contribution in [-0.2, 0) is 4.74 Å². The van der Waals surface area contributed by atoms with Crippen molar-refractivity contribution in [2.24, 2.45) is 0 Å². The number of ether oxygens (including phenoxy) is 1. The van der Waals surface area contributed by atoms with Crippen LogP contribution < -0.4 is 4.90 Å². The van der Waals surface area contributed by atoms with Crippen LogP contribution in [0.1, 0.15) is 6.92 Å². The zero-order valence-corrected chi connectivity index (χ0v) is 18.0. The fourth-order valence-corrected chi connectivity index (χ4v) is 5.05. The Hall–Kier alpha value is -3.22. The van der Waals surface area contributed by atoms with Crippen LogP contribution in [0.3, 0.4) is 0 Å². The standard InChI is InChI=1S/C25H22N4OS/c1-16-14-30-11-10-29(16)25-21-13-17(18-8-12-31-15-18)5-6-23(21)27-24(28-25)20-3-2-4-22-19(20)7-9-26-22/h2-9,12-13,15-16,26H,10-11,14H2,1H3/t16-/m1/s1. The molecule has 1 saturated heterocycles. The van der Waals surface area contributed by atoms with Gasteiger partial charge in [0.05, 0.1) is 24.8 Å². The summed E-state index contributed by atoms with van der Waals surface area (Å²) in [5.74, 6) is 1.75. The molecule has 3 aromatic heterocycles. The fraction of sp³-hybridized carbons (Fsp3) is 0.200. The molecule has 1 atom stereocenters. The Morgan fingerprint density at radius 3 is 2.90 bits per heavy atom. The third-order valence-corrected chi connectivity index (χ3v) is 6.69. The van der Waals surface area contributed by atoms with E-state index in [-0.39, 0.29) is 6.04 Å². The summed E-state index contributed by atoms with van der Waals surface area (Å²) in [6, 6.07) is 17.3. The first-order valence-corrected chi connectivity index (χ1v) is 11.5. The molecule has 0 bridgehead atoms. The molecule has 0 radical (unpaired) electrons. The molecule has 0 unspecified atom stereocenters. The number of anilines is 1. The number of benzene rings is 2. The topological polar surface area (TPSA) is 54.0 Å². The monoisotopic (exact) mass is 426 g/mol. The summed E-state index contributed by atoms with van der Waals surface area (Å²) in [6.07, 6.45) is 1.97.